The van der Waals surface area contributed by atoms with E-state index in [1.807, 2.05) is 27.7 Å². The van der Waals surface area contributed by atoms with E-state index in [0.717, 1.165) is 24.0 Å². The topological polar surface area (TPSA) is 17.1 Å². The van der Waals surface area contributed by atoms with E-state index in [2.05, 4.69) is 13.5 Å². The van der Waals surface area contributed by atoms with Crippen molar-refractivity contribution in [3.63, 3.8) is 0 Å². The lowest BCUT2D eigenvalue weighted by Crippen LogP contribution is -2.25. The van der Waals surface area contributed by atoms with Gasteiger partial charge in [-0.1, -0.05) is 38.5 Å². The van der Waals surface area contributed by atoms with Gasteiger partial charge in [0.05, 0.1) is 0 Å². The fraction of sp³-hybridized carbons (Fsp3) is 0.643. The van der Waals surface area contributed by atoms with Gasteiger partial charge in [-0.3, -0.25) is 4.79 Å². The maximum absolute atomic E-state index is 12.3. The third kappa shape index (κ3) is 2.39. The van der Waals surface area contributed by atoms with Gasteiger partial charge >= 0.3 is 0 Å². The van der Waals surface area contributed by atoms with Crippen molar-refractivity contribution >= 4 is 5.78 Å². The Balaban J connectivity index is 3.06. The van der Waals surface area contributed by atoms with Gasteiger partial charge in [0.15, 0.2) is 5.78 Å². The number of carbonyl (C=O) groups excluding carboxylic acids is 1. The van der Waals surface area contributed by atoms with Crippen LogP contribution in [0.3, 0.4) is 0 Å². The average Bonchev–Trinajstić information content (AvgIpc) is 2.44. The van der Waals surface area contributed by atoms with Crippen molar-refractivity contribution in [3.8, 4) is 0 Å². The van der Waals surface area contributed by atoms with Crippen LogP contribution in [0.4, 0.5) is 0 Å². The molecule has 0 N–H and O–H groups in total. The van der Waals surface area contributed by atoms with Crippen LogP contribution in [0.5, 0.6) is 0 Å². The van der Waals surface area contributed by atoms with Crippen molar-refractivity contribution in [1.29, 1.82) is 0 Å². The van der Waals surface area contributed by atoms with Crippen molar-refractivity contribution in [2.75, 3.05) is 0 Å². The Hall–Kier alpha value is -0.850. The molecule has 0 spiro atoms. The van der Waals surface area contributed by atoms with E-state index in [-0.39, 0.29) is 5.41 Å². The van der Waals surface area contributed by atoms with E-state index < -0.39 is 0 Å². The molecule has 0 aliphatic heterocycles. The second-order valence-corrected chi connectivity index (χ2v) is 5.71. The Morgan fingerprint density at radius 2 is 1.93 bits per heavy atom. The summed E-state index contributed by atoms with van der Waals surface area (Å²) in [5, 5.41) is 0. The number of ketones is 1. The summed E-state index contributed by atoms with van der Waals surface area (Å²) in [6.07, 6.45) is 2.12. The van der Waals surface area contributed by atoms with Gasteiger partial charge < -0.3 is 0 Å². The molecule has 1 rings (SSSR count). The molecule has 0 bridgehead atoms. The van der Waals surface area contributed by atoms with Crippen molar-refractivity contribution in [2.24, 2.45) is 11.3 Å². The zero-order valence-electron chi connectivity index (χ0n) is 10.6. The van der Waals surface area contributed by atoms with E-state index in [9.17, 15) is 4.79 Å². The van der Waals surface area contributed by atoms with Gasteiger partial charge in [0.25, 0.3) is 0 Å². The highest BCUT2D eigenvalue weighted by Gasteiger charge is 2.34. The molecule has 0 aromatic rings. The van der Waals surface area contributed by atoms with Gasteiger partial charge in [0, 0.05) is 16.9 Å². The van der Waals surface area contributed by atoms with Crippen molar-refractivity contribution in [3.05, 3.63) is 23.3 Å². The number of allylic oxidation sites excluding steroid dienone is 3. The van der Waals surface area contributed by atoms with Gasteiger partial charge in [-0.05, 0) is 26.7 Å². The first-order valence-corrected chi connectivity index (χ1v) is 5.65. The van der Waals surface area contributed by atoms with Crippen molar-refractivity contribution in [1.82, 2.24) is 0 Å². The van der Waals surface area contributed by atoms with E-state index >= 15 is 0 Å². The van der Waals surface area contributed by atoms with E-state index in [4.69, 9.17) is 0 Å². The van der Waals surface area contributed by atoms with E-state index in [0.29, 0.717) is 11.7 Å². The molecular weight excluding hydrogens is 184 g/mol. The summed E-state index contributed by atoms with van der Waals surface area (Å²) in [6, 6.07) is 0. The maximum Gasteiger partial charge on any atom is 0.164 e. The molecule has 15 heavy (non-hydrogen) atoms. The Kier molecular flexibility index (Phi) is 3.22. The Morgan fingerprint density at radius 3 is 2.33 bits per heavy atom. The van der Waals surface area contributed by atoms with Gasteiger partial charge in [-0.25, -0.2) is 0 Å². The molecule has 0 saturated heterocycles. The molecule has 0 saturated carbocycles. The summed E-state index contributed by atoms with van der Waals surface area (Å²) < 4.78 is 0. The standard InChI is InChI=1S/C14H22O/c1-9(2)11-8-7-10(3)12(11)13(15)14(4,5)6/h11H,1,7-8H2,2-6H3. The minimum Gasteiger partial charge on any atom is -0.294 e. The molecule has 1 nitrogen and oxygen atoms in total. The van der Waals surface area contributed by atoms with Gasteiger partial charge in [-0.2, -0.15) is 0 Å². The molecule has 1 aliphatic rings. The van der Waals surface area contributed by atoms with Crippen molar-refractivity contribution < 1.29 is 4.79 Å². The van der Waals surface area contributed by atoms with Gasteiger partial charge in [-0.15, -0.1) is 0 Å². The van der Waals surface area contributed by atoms with Crippen LogP contribution in [0.1, 0.15) is 47.5 Å². The summed E-state index contributed by atoms with van der Waals surface area (Å²) in [4.78, 5) is 12.3. The lowest BCUT2D eigenvalue weighted by Gasteiger charge is -2.22. The van der Waals surface area contributed by atoms with Crippen LogP contribution in [0, 0.1) is 11.3 Å². The molecule has 0 aromatic heterocycles. The third-order valence-corrected chi connectivity index (χ3v) is 3.14. The van der Waals surface area contributed by atoms with Crippen LogP contribution in [-0.2, 0) is 4.79 Å². The molecule has 84 valence electrons. The normalized spacial score (nSPS) is 22.1. The Bertz CT molecular complexity index is 326. The van der Waals surface area contributed by atoms with Crippen LogP contribution < -0.4 is 0 Å². The quantitative estimate of drug-likeness (QED) is 0.626. The number of hydrogen-bond donors (Lipinski definition) is 0. The molecule has 1 atom stereocenters. The molecule has 1 unspecified atom stereocenters. The highest BCUT2D eigenvalue weighted by molar-refractivity contribution is 6.01. The first kappa shape index (κ1) is 12.2. The molecule has 0 amide bonds. The Morgan fingerprint density at radius 1 is 1.40 bits per heavy atom. The van der Waals surface area contributed by atoms with Crippen molar-refractivity contribution in [2.45, 2.75) is 47.5 Å². The van der Waals surface area contributed by atoms with Gasteiger partial charge in [0.2, 0.25) is 0 Å². The number of Topliss-reactive ketones (excluding diaryl/α,β-unsaturated/α-hetero) is 1. The van der Waals surface area contributed by atoms with Crippen LogP contribution in [0.2, 0.25) is 0 Å². The van der Waals surface area contributed by atoms with Crippen LogP contribution >= 0.6 is 0 Å². The maximum atomic E-state index is 12.3. The second-order valence-electron chi connectivity index (χ2n) is 5.71. The largest absolute Gasteiger partial charge is 0.294 e. The average molecular weight is 206 g/mol. The molecule has 0 aromatic carbocycles. The summed E-state index contributed by atoms with van der Waals surface area (Å²) in [5.41, 5.74) is 3.16. The fourth-order valence-electron chi connectivity index (χ4n) is 2.19. The smallest absolute Gasteiger partial charge is 0.164 e. The molecule has 0 heterocycles. The molecule has 1 heteroatoms. The lowest BCUT2D eigenvalue weighted by molar-refractivity contribution is -0.122. The monoisotopic (exact) mass is 206 g/mol. The predicted molar refractivity (Wildman–Crippen MR) is 64.7 cm³/mol. The minimum absolute atomic E-state index is 0.269. The molecule has 0 fully saturated rings. The SMILES string of the molecule is C=C(C)C1CCC(C)=C1C(=O)C(C)(C)C. The zero-order valence-corrected chi connectivity index (χ0v) is 10.6. The first-order valence-electron chi connectivity index (χ1n) is 5.65. The Labute approximate surface area is 93.3 Å². The zero-order chi connectivity index (χ0) is 11.8. The summed E-state index contributed by atoms with van der Waals surface area (Å²) in [5.74, 6) is 0.599. The summed E-state index contributed by atoms with van der Waals surface area (Å²) >= 11 is 0. The van der Waals surface area contributed by atoms with Gasteiger partial charge in [0.1, 0.15) is 0 Å². The number of hydrogen-bond acceptors (Lipinski definition) is 1. The number of carbonyl (C=O) groups is 1. The minimum atomic E-state index is -0.269. The van der Waals surface area contributed by atoms with Crippen LogP contribution in [0.25, 0.3) is 0 Å². The first-order chi connectivity index (χ1) is 6.75. The summed E-state index contributed by atoms with van der Waals surface area (Å²) in [6.45, 7) is 14.1. The lowest BCUT2D eigenvalue weighted by atomic mass is 9.80. The van der Waals surface area contributed by atoms with E-state index in [1.165, 1.54) is 5.57 Å². The highest BCUT2D eigenvalue weighted by atomic mass is 16.1. The third-order valence-electron chi connectivity index (χ3n) is 3.14. The predicted octanol–water partition coefficient (Wildman–Crippen LogP) is 3.90. The molecule has 1 aliphatic carbocycles. The molecule has 0 radical (unpaired) electrons. The highest BCUT2D eigenvalue weighted by Crippen LogP contribution is 2.39. The van der Waals surface area contributed by atoms with Crippen LogP contribution in [0.15, 0.2) is 23.3 Å². The van der Waals surface area contributed by atoms with Crippen LogP contribution in [-0.4, -0.2) is 5.78 Å². The fourth-order valence-corrected chi connectivity index (χ4v) is 2.19. The van der Waals surface area contributed by atoms with E-state index in [1.54, 1.807) is 0 Å². The summed E-state index contributed by atoms with van der Waals surface area (Å²) in [7, 11) is 0. The molecular formula is C14H22O. The second kappa shape index (κ2) is 3.96. The number of rotatable bonds is 2.